The van der Waals surface area contributed by atoms with Gasteiger partial charge < -0.3 is 4.74 Å². The monoisotopic (exact) mass is 328 g/mol. The standard InChI is InChI=1S/C21H16N2O2/c22-10-5-11-25-20(24)21(13-23)12-18-14-6-1-3-8-16(14)19(21)17-9-4-2-7-15(17)18/h1-4,6-9,18-19H,5,11-12H2. The zero-order chi connectivity index (χ0) is 17.4. The van der Waals surface area contributed by atoms with Gasteiger partial charge in [0.25, 0.3) is 0 Å². The summed E-state index contributed by atoms with van der Waals surface area (Å²) in [6.07, 6.45) is 0.558. The number of rotatable bonds is 3. The topological polar surface area (TPSA) is 73.9 Å². The van der Waals surface area contributed by atoms with E-state index >= 15 is 0 Å². The number of nitriles is 2. The average Bonchev–Trinajstić information content (AvgIpc) is 2.68. The van der Waals surface area contributed by atoms with Gasteiger partial charge in [0.1, 0.15) is 6.61 Å². The molecule has 1 unspecified atom stereocenters. The lowest BCUT2D eigenvalue weighted by Gasteiger charge is -2.48. The van der Waals surface area contributed by atoms with E-state index in [2.05, 4.69) is 18.2 Å². The molecule has 0 amide bonds. The number of esters is 1. The lowest BCUT2D eigenvalue weighted by Crippen LogP contribution is -2.46. The number of nitrogens with zero attached hydrogens (tertiary/aromatic N) is 2. The first-order chi connectivity index (χ1) is 12.2. The summed E-state index contributed by atoms with van der Waals surface area (Å²) in [7, 11) is 0. The minimum Gasteiger partial charge on any atom is -0.463 e. The molecule has 5 rings (SSSR count). The molecule has 0 spiro atoms. The number of benzene rings is 2. The molecule has 0 N–H and O–H groups in total. The molecule has 2 bridgehead atoms. The Hall–Kier alpha value is -3.11. The highest BCUT2D eigenvalue weighted by Crippen LogP contribution is 2.61. The molecule has 1 atom stereocenters. The maximum absolute atomic E-state index is 12.9. The number of ether oxygens (including phenoxy) is 1. The Bertz CT molecular complexity index is 890. The molecule has 4 nitrogen and oxygen atoms in total. The smallest absolute Gasteiger partial charge is 0.327 e. The molecule has 3 aliphatic rings. The summed E-state index contributed by atoms with van der Waals surface area (Å²) in [5.74, 6) is -0.825. The third kappa shape index (κ3) is 2.08. The van der Waals surface area contributed by atoms with Gasteiger partial charge in [0.2, 0.25) is 0 Å². The van der Waals surface area contributed by atoms with E-state index in [-0.39, 0.29) is 24.9 Å². The summed E-state index contributed by atoms with van der Waals surface area (Å²) >= 11 is 0. The van der Waals surface area contributed by atoms with Crippen LogP contribution in [0.3, 0.4) is 0 Å². The number of fused-ring (bicyclic) bond motifs is 1. The van der Waals surface area contributed by atoms with E-state index in [1.165, 1.54) is 11.1 Å². The summed E-state index contributed by atoms with van der Waals surface area (Å²) in [5.41, 5.74) is 3.24. The molecular formula is C21H16N2O2. The van der Waals surface area contributed by atoms with Gasteiger partial charge in [0.05, 0.1) is 18.6 Å². The van der Waals surface area contributed by atoms with Crippen LogP contribution in [0.4, 0.5) is 0 Å². The Balaban J connectivity index is 1.86. The van der Waals surface area contributed by atoms with Crippen molar-refractivity contribution in [3.05, 3.63) is 70.8 Å². The summed E-state index contributed by atoms with van der Waals surface area (Å²) in [6, 6.07) is 20.4. The molecule has 0 radical (unpaired) electrons. The largest absolute Gasteiger partial charge is 0.463 e. The van der Waals surface area contributed by atoms with E-state index in [1.54, 1.807) is 0 Å². The van der Waals surface area contributed by atoms with Gasteiger partial charge in [-0.25, -0.2) is 0 Å². The lowest BCUT2D eigenvalue weighted by atomic mass is 9.52. The zero-order valence-electron chi connectivity index (χ0n) is 13.6. The number of hydrogen-bond acceptors (Lipinski definition) is 4. The quantitative estimate of drug-likeness (QED) is 0.637. The van der Waals surface area contributed by atoms with Crippen LogP contribution in [0.15, 0.2) is 48.5 Å². The molecule has 0 aromatic heterocycles. The molecule has 4 heteroatoms. The predicted molar refractivity (Wildman–Crippen MR) is 90.4 cm³/mol. The summed E-state index contributed by atoms with van der Waals surface area (Å²) in [4.78, 5) is 12.9. The first-order valence-corrected chi connectivity index (χ1v) is 8.36. The van der Waals surface area contributed by atoms with E-state index in [4.69, 9.17) is 10.00 Å². The third-order valence-electron chi connectivity index (χ3n) is 5.39. The predicted octanol–water partition coefficient (Wildman–Crippen LogP) is 3.63. The van der Waals surface area contributed by atoms with E-state index < -0.39 is 11.4 Å². The van der Waals surface area contributed by atoms with Crippen LogP contribution in [0.2, 0.25) is 0 Å². The normalized spacial score (nSPS) is 25.2. The second-order valence-electron chi connectivity index (χ2n) is 6.57. The lowest BCUT2D eigenvalue weighted by molar-refractivity contribution is -0.154. The van der Waals surface area contributed by atoms with E-state index in [0.717, 1.165) is 11.1 Å². The van der Waals surface area contributed by atoms with Crippen molar-refractivity contribution in [3.8, 4) is 12.1 Å². The van der Waals surface area contributed by atoms with Crippen LogP contribution in [-0.2, 0) is 9.53 Å². The molecule has 2 aromatic rings. The van der Waals surface area contributed by atoms with Gasteiger partial charge in [-0.2, -0.15) is 10.5 Å². The zero-order valence-corrected chi connectivity index (χ0v) is 13.6. The van der Waals surface area contributed by atoms with Gasteiger partial charge in [0.15, 0.2) is 5.41 Å². The van der Waals surface area contributed by atoms with Crippen molar-refractivity contribution in [2.24, 2.45) is 5.41 Å². The Labute approximate surface area is 146 Å². The van der Waals surface area contributed by atoms with Crippen LogP contribution in [0.25, 0.3) is 0 Å². The van der Waals surface area contributed by atoms with E-state index in [0.29, 0.717) is 6.42 Å². The number of hydrogen-bond donors (Lipinski definition) is 0. The van der Waals surface area contributed by atoms with Gasteiger partial charge in [0, 0.05) is 11.8 Å². The summed E-state index contributed by atoms with van der Waals surface area (Å²) in [5, 5.41) is 18.7. The van der Waals surface area contributed by atoms with Crippen molar-refractivity contribution < 1.29 is 9.53 Å². The van der Waals surface area contributed by atoms with Gasteiger partial charge in [-0.15, -0.1) is 0 Å². The van der Waals surface area contributed by atoms with Crippen molar-refractivity contribution >= 4 is 5.97 Å². The molecular weight excluding hydrogens is 312 g/mol. The van der Waals surface area contributed by atoms with Gasteiger partial charge >= 0.3 is 5.97 Å². The molecule has 0 fully saturated rings. The minimum atomic E-state index is -1.23. The van der Waals surface area contributed by atoms with Crippen LogP contribution in [0, 0.1) is 28.1 Å². The fraction of sp³-hybridized carbons (Fsp3) is 0.286. The minimum absolute atomic E-state index is 0.0144. The highest BCUT2D eigenvalue weighted by Gasteiger charge is 2.58. The Morgan fingerprint density at radius 1 is 1.04 bits per heavy atom. The average molecular weight is 328 g/mol. The molecule has 25 heavy (non-hydrogen) atoms. The Kier molecular flexibility index (Phi) is 3.55. The molecule has 122 valence electrons. The number of carbonyl (C=O) groups excluding carboxylic acids is 1. The maximum atomic E-state index is 12.9. The van der Waals surface area contributed by atoms with Gasteiger partial charge in [-0.1, -0.05) is 48.5 Å². The van der Waals surface area contributed by atoms with Crippen molar-refractivity contribution in [3.63, 3.8) is 0 Å². The van der Waals surface area contributed by atoms with Crippen LogP contribution >= 0.6 is 0 Å². The Morgan fingerprint density at radius 2 is 1.60 bits per heavy atom. The second-order valence-corrected chi connectivity index (χ2v) is 6.57. The van der Waals surface area contributed by atoms with Gasteiger partial charge in [-0.05, 0) is 28.7 Å². The molecule has 0 saturated carbocycles. The highest BCUT2D eigenvalue weighted by atomic mass is 16.5. The maximum Gasteiger partial charge on any atom is 0.327 e. The van der Waals surface area contributed by atoms with Crippen molar-refractivity contribution in [1.82, 2.24) is 0 Å². The number of carbonyl (C=O) groups is 1. The summed E-state index contributed by atoms with van der Waals surface area (Å²) in [6.45, 7) is 0.0272. The fourth-order valence-corrected chi connectivity index (χ4v) is 4.38. The van der Waals surface area contributed by atoms with E-state index in [9.17, 15) is 10.1 Å². The summed E-state index contributed by atoms with van der Waals surface area (Å²) < 4.78 is 5.31. The molecule has 0 saturated heterocycles. The van der Waals surface area contributed by atoms with Crippen LogP contribution < -0.4 is 0 Å². The second kappa shape index (κ2) is 5.76. The van der Waals surface area contributed by atoms with Crippen molar-refractivity contribution in [2.75, 3.05) is 6.61 Å². The molecule has 0 aliphatic heterocycles. The van der Waals surface area contributed by atoms with Crippen molar-refractivity contribution in [2.45, 2.75) is 24.7 Å². The van der Waals surface area contributed by atoms with Crippen LogP contribution in [0.1, 0.15) is 46.9 Å². The molecule has 0 heterocycles. The third-order valence-corrected chi connectivity index (χ3v) is 5.39. The van der Waals surface area contributed by atoms with Gasteiger partial charge in [-0.3, -0.25) is 4.79 Å². The first kappa shape index (κ1) is 15.4. The first-order valence-electron chi connectivity index (χ1n) is 8.36. The van der Waals surface area contributed by atoms with Crippen LogP contribution in [-0.4, -0.2) is 12.6 Å². The van der Waals surface area contributed by atoms with E-state index in [1.807, 2.05) is 42.5 Å². The highest BCUT2D eigenvalue weighted by molar-refractivity contribution is 5.85. The van der Waals surface area contributed by atoms with Crippen molar-refractivity contribution in [1.29, 1.82) is 10.5 Å². The molecule has 2 aromatic carbocycles. The SMILES string of the molecule is N#CCCOC(=O)C1(C#N)CC2c3ccccc3C1c1ccccc12. The Morgan fingerprint density at radius 3 is 2.12 bits per heavy atom. The molecule has 3 aliphatic carbocycles. The van der Waals surface area contributed by atoms with Crippen LogP contribution in [0.5, 0.6) is 0 Å². The fourth-order valence-electron chi connectivity index (χ4n) is 4.38.